The summed E-state index contributed by atoms with van der Waals surface area (Å²) in [4.78, 5) is 21.9. The van der Waals surface area contributed by atoms with Gasteiger partial charge in [-0.1, -0.05) is 0 Å². The largest absolute Gasteiger partial charge is 0.424 e. The average Bonchev–Trinajstić information content (AvgIpc) is 2.48. The van der Waals surface area contributed by atoms with Crippen molar-refractivity contribution in [2.75, 3.05) is 14.1 Å². The van der Waals surface area contributed by atoms with Crippen LogP contribution in [0.5, 0.6) is 11.8 Å². The first kappa shape index (κ1) is 14.7. The lowest BCUT2D eigenvalue weighted by Gasteiger charge is -2.11. The molecule has 0 aliphatic carbocycles. The number of benzene rings is 1. The van der Waals surface area contributed by atoms with Gasteiger partial charge in [0.2, 0.25) is 0 Å². The predicted molar refractivity (Wildman–Crippen MR) is 80.3 cm³/mol. The van der Waals surface area contributed by atoms with Crippen molar-refractivity contribution >= 4 is 5.78 Å². The van der Waals surface area contributed by atoms with Crippen LogP contribution in [0.2, 0.25) is 0 Å². The van der Waals surface area contributed by atoms with E-state index in [4.69, 9.17) is 4.74 Å². The Labute approximate surface area is 123 Å². The van der Waals surface area contributed by atoms with Gasteiger partial charge in [0.05, 0.1) is 0 Å². The molecule has 0 N–H and O–H groups in total. The van der Waals surface area contributed by atoms with E-state index in [1.165, 1.54) is 0 Å². The van der Waals surface area contributed by atoms with Crippen LogP contribution in [0.15, 0.2) is 54.5 Å². The molecular formula is C16H17N3O2. The fraction of sp³-hybridized carbons (Fsp3) is 0.188. The second-order valence-electron chi connectivity index (χ2n) is 4.70. The molecule has 108 valence electrons. The van der Waals surface area contributed by atoms with Crippen molar-refractivity contribution in [2.45, 2.75) is 6.92 Å². The van der Waals surface area contributed by atoms with Gasteiger partial charge in [0.25, 0.3) is 0 Å². The van der Waals surface area contributed by atoms with Crippen LogP contribution in [0.1, 0.15) is 17.3 Å². The summed E-state index contributed by atoms with van der Waals surface area (Å²) >= 11 is 0. The van der Waals surface area contributed by atoms with E-state index in [1.54, 1.807) is 48.8 Å². The zero-order valence-corrected chi connectivity index (χ0v) is 12.3. The van der Waals surface area contributed by atoms with Gasteiger partial charge in [-0.05, 0) is 37.3 Å². The molecule has 21 heavy (non-hydrogen) atoms. The molecule has 0 atom stereocenters. The number of hydrogen-bond acceptors (Lipinski definition) is 5. The highest BCUT2D eigenvalue weighted by molar-refractivity contribution is 6.04. The van der Waals surface area contributed by atoms with Crippen LogP contribution in [0.4, 0.5) is 0 Å². The fourth-order valence-corrected chi connectivity index (χ4v) is 1.53. The van der Waals surface area contributed by atoms with E-state index in [-0.39, 0.29) is 11.8 Å². The minimum absolute atomic E-state index is 0.0382. The van der Waals surface area contributed by atoms with Crippen molar-refractivity contribution in [3.05, 3.63) is 60.1 Å². The normalized spacial score (nSPS) is 11.1. The van der Waals surface area contributed by atoms with Crippen LogP contribution in [0.25, 0.3) is 0 Å². The van der Waals surface area contributed by atoms with Gasteiger partial charge in [-0.15, -0.1) is 0 Å². The van der Waals surface area contributed by atoms with Gasteiger partial charge < -0.3 is 9.64 Å². The Kier molecular flexibility index (Phi) is 4.66. The summed E-state index contributed by atoms with van der Waals surface area (Å²) in [5.41, 5.74) is 1.51. The van der Waals surface area contributed by atoms with Gasteiger partial charge in [0, 0.05) is 43.8 Å². The molecule has 1 aromatic carbocycles. The molecule has 0 aliphatic heterocycles. The van der Waals surface area contributed by atoms with Crippen molar-refractivity contribution in [3.8, 4) is 11.8 Å². The maximum atomic E-state index is 12.1. The van der Waals surface area contributed by atoms with E-state index >= 15 is 0 Å². The molecule has 0 bridgehead atoms. The second-order valence-corrected chi connectivity index (χ2v) is 4.70. The highest BCUT2D eigenvalue weighted by Crippen LogP contribution is 2.18. The van der Waals surface area contributed by atoms with E-state index in [0.29, 0.717) is 11.3 Å². The maximum Gasteiger partial charge on any atom is 0.321 e. The Bertz CT molecular complexity index is 634. The zero-order chi connectivity index (χ0) is 15.2. The Morgan fingerprint density at radius 1 is 1.14 bits per heavy atom. The van der Waals surface area contributed by atoms with Gasteiger partial charge in [0.15, 0.2) is 5.78 Å². The Morgan fingerprint density at radius 3 is 2.33 bits per heavy atom. The standard InChI is InChI=1S/C16H17N3O2/c1-12(19(2)3)11-15(20)13-5-7-14(8-6-13)21-16-17-9-4-10-18-16/h4-11H,1-3H3/b12-11-. The maximum absolute atomic E-state index is 12.1. The first-order chi connectivity index (χ1) is 10.1. The Morgan fingerprint density at radius 2 is 1.76 bits per heavy atom. The molecule has 0 amide bonds. The quantitative estimate of drug-likeness (QED) is 0.624. The fourth-order valence-electron chi connectivity index (χ4n) is 1.53. The Hall–Kier alpha value is -2.69. The van der Waals surface area contributed by atoms with Crippen molar-refractivity contribution in [2.24, 2.45) is 0 Å². The van der Waals surface area contributed by atoms with Gasteiger partial charge >= 0.3 is 6.01 Å². The summed E-state index contributed by atoms with van der Waals surface area (Å²) in [5.74, 6) is 0.551. The van der Waals surface area contributed by atoms with Crippen molar-refractivity contribution in [3.63, 3.8) is 0 Å². The van der Waals surface area contributed by atoms with Crippen molar-refractivity contribution in [1.82, 2.24) is 14.9 Å². The molecule has 0 unspecified atom stereocenters. The van der Waals surface area contributed by atoms with Gasteiger partial charge in [-0.2, -0.15) is 0 Å². The number of allylic oxidation sites excluding steroid dienone is 2. The lowest BCUT2D eigenvalue weighted by molar-refractivity contribution is 0.104. The minimum Gasteiger partial charge on any atom is -0.424 e. The van der Waals surface area contributed by atoms with Gasteiger partial charge in [-0.25, -0.2) is 9.97 Å². The topological polar surface area (TPSA) is 55.3 Å². The highest BCUT2D eigenvalue weighted by Gasteiger charge is 2.05. The molecule has 2 aromatic rings. The van der Waals surface area contributed by atoms with Crippen LogP contribution >= 0.6 is 0 Å². The number of ketones is 1. The molecule has 0 spiro atoms. The summed E-state index contributed by atoms with van der Waals surface area (Å²) in [6.45, 7) is 1.89. The number of rotatable bonds is 5. The van der Waals surface area contributed by atoms with Crippen molar-refractivity contribution < 1.29 is 9.53 Å². The van der Waals surface area contributed by atoms with E-state index in [0.717, 1.165) is 5.70 Å². The number of ether oxygens (including phenoxy) is 1. The number of hydrogen-bond donors (Lipinski definition) is 0. The summed E-state index contributed by atoms with van der Waals surface area (Å²) in [5, 5.41) is 0. The van der Waals surface area contributed by atoms with Crippen LogP contribution < -0.4 is 4.74 Å². The van der Waals surface area contributed by atoms with E-state index in [2.05, 4.69) is 9.97 Å². The number of aromatic nitrogens is 2. The minimum atomic E-state index is -0.0382. The smallest absolute Gasteiger partial charge is 0.321 e. The Balaban J connectivity index is 2.09. The number of carbonyl (C=O) groups is 1. The molecule has 0 fully saturated rings. The van der Waals surface area contributed by atoms with E-state index < -0.39 is 0 Å². The molecular weight excluding hydrogens is 266 g/mol. The van der Waals surface area contributed by atoms with Crippen LogP contribution in [-0.4, -0.2) is 34.7 Å². The zero-order valence-electron chi connectivity index (χ0n) is 12.3. The summed E-state index contributed by atoms with van der Waals surface area (Å²) in [7, 11) is 3.80. The third-order valence-electron chi connectivity index (χ3n) is 2.94. The lowest BCUT2D eigenvalue weighted by atomic mass is 10.1. The third kappa shape index (κ3) is 4.14. The molecule has 2 rings (SSSR count). The molecule has 1 heterocycles. The molecule has 5 heteroatoms. The molecule has 0 saturated carbocycles. The van der Waals surface area contributed by atoms with Crippen LogP contribution in [0.3, 0.4) is 0 Å². The number of carbonyl (C=O) groups excluding carboxylic acids is 1. The predicted octanol–water partition coefficient (Wildman–Crippen LogP) is 2.92. The van der Waals surface area contributed by atoms with E-state index in [9.17, 15) is 4.79 Å². The second kappa shape index (κ2) is 6.65. The molecule has 0 saturated heterocycles. The molecule has 0 aliphatic rings. The van der Waals surface area contributed by atoms with E-state index in [1.807, 2.05) is 25.9 Å². The molecule has 5 nitrogen and oxygen atoms in total. The summed E-state index contributed by atoms with van der Waals surface area (Å²) in [6, 6.07) is 8.89. The van der Waals surface area contributed by atoms with Gasteiger partial charge in [0.1, 0.15) is 5.75 Å². The average molecular weight is 283 g/mol. The highest BCUT2D eigenvalue weighted by atomic mass is 16.5. The monoisotopic (exact) mass is 283 g/mol. The SMILES string of the molecule is C/C(=C/C(=O)c1ccc(Oc2ncccn2)cc1)N(C)C. The molecule has 1 aromatic heterocycles. The third-order valence-corrected chi connectivity index (χ3v) is 2.94. The van der Waals surface area contributed by atoms with Crippen LogP contribution in [-0.2, 0) is 0 Å². The first-order valence-corrected chi connectivity index (χ1v) is 6.51. The van der Waals surface area contributed by atoms with Gasteiger partial charge in [-0.3, -0.25) is 4.79 Å². The number of nitrogens with zero attached hydrogens (tertiary/aromatic N) is 3. The van der Waals surface area contributed by atoms with Crippen LogP contribution in [0, 0.1) is 0 Å². The summed E-state index contributed by atoms with van der Waals surface area (Å²) < 4.78 is 5.48. The van der Waals surface area contributed by atoms with Crippen molar-refractivity contribution in [1.29, 1.82) is 0 Å². The summed E-state index contributed by atoms with van der Waals surface area (Å²) in [6.07, 6.45) is 4.82. The first-order valence-electron chi connectivity index (χ1n) is 6.51. The lowest BCUT2D eigenvalue weighted by Crippen LogP contribution is -2.10. The molecule has 0 radical (unpaired) electrons.